The fourth-order valence-electron chi connectivity index (χ4n) is 1.10. The van der Waals surface area contributed by atoms with Crippen LogP contribution in [-0.2, 0) is 0 Å². The number of rotatable bonds is 7. The van der Waals surface area contributed by atoms with Crippen LogP contribution in [0.3, 0.4) is 0 Å². The Labute approximate surface area is 100 Å². The third-order valence-corrected chi connectivity index (χ3v) is 2.18. The Hall–Kier alpha value is -1.07. The van der Waals surface area contributed by atoms with Gasteiger partial charge in [0.15, 0.2) is 0 Å². The summed E-state index contributed by atoms with van der Waals surface area (Å²) in [4.78, 5) is 8.30. The highest BCUT2D eigenvalue weighted by molar-refractivity contribution is 6.32. The quantitative estimate of drug-likeness (QED) is 0.638. The number of hydrogen-bond donors (Lipinski definition) is 3. The van der Waals surface area contributed by atoms with Crippen LogP contribution < -0.4 is 10.6 Å². The normalized spacial score (nSPS) is 10.2. The second kappa shape index (κ2) is 7.24. The third-order valence-electron chi connectivity index (χ3n) is 1.90. The predicted octanol–water partition coefficient (Wildman–Crippen LogP) is 1.75. The van der Waals surface area contributed by atoms with Crippen LogP contribution in [0.25, 0.3) is 0 Å². The van der Waals surface area contributed by atoms with Crippen molar-refractivity contribution in [2.45, 2.75) is 19.8 Å². The van der Waals surface area contributed by atoms with Gasteiger partial charge in [-0.25, -0.2) is 4.98 Å². The molecule has 1 heterocycles. The van der Waals surface area contributed by atoms with Crippen LogP contribution in [0.2, 0.25) is 5.02 Å². The molecule has 0 aliphatic rings. The van der Waals surface area contributed by atoms with Gasteiger partial charge in [-0.1, -0.05) is 18.5 Å². The maximum atomic E-state index is 8.67. The van der Waals surface area contributed by atoms with Crippen molar-refractivity contribution in [2.75, 3.05) is 30.3 Å². The second-order valence-electron chi connectivity index (χ2n) is 3.32. The zero-order valence-corrected chi connectivity index (χ0v) is 10.1. The lowest BCUT2D eigenvalue weighted by Gasteiger charge is -2.08. The van der Waals surface area contributed by atoms with Gasteiger partial charge in [0.05, 0.1) is 6.20 Å². The Bertz CT molecular complexity index is 322. The first-order valence-electron chi connectivity index (χ1n) is 5.39. The molecule has 0 aliphatic heterocycles. The van der Waals surface area contributed by atoms with Crippen molar-refractivity contribution >= 4 is 23.4 Å². The van der Waals surface area contributed by atoms with Crippen LogP contribution in [0.4, 0.5) is 11.8 Å². The number of nitrogens with one attached hydrogen (secondary N) is 2. The second-order valence-corrected chi connectivity index (χ2v) is 3.73. The Morgan fingerprint density at radius 1 is 1.38 bits per heavy atom. The minimum Gasteiger partial charge on any atom is -0.396 e. The summed E-state index contributed by atoms with van der Waals surface area (Å²) in [7, 11) is 0. The summed E-state index contributed by atoms with van der Waals surface area (Å²) in [5.41, 5.74) is 0. The summed E-state index contributed by atoms with van der Waals surface area (Å²) < 4.78 is 0. The van der Waals surface area contributed by atoms with E-state index in [0.717, 1.165) is 13.0 Å². The molecule has 5 nitrogen and oxygen atoms in total. The Morgan fingerprint density at radius 3 is 2.88 bits per heavy atom. The summed E-state index contributed by atoms with van der Waals surface area (Å²) in [5.74, 6) is 1.17. The van der Waals surface area contributed by atoms with E-state index in [0.29, 0.717) is 29.8 Å². The largest absolute Gasteiger partial charge is 0.396 e. The molecule has 0 saturated heterocycles. The maximum absolute atomic E-state index is 8.67. The fraction of sp³-hybridized carbons (Fsp3) is 0.600. The van der Waals surface area contributed by atoms with Crippen LogP contribution in [0.1, 0.15) is 19.8 Å². The molecule has 16 heavy (non-hydrogen) atoms. The average molecular weight is 245 g/mol. The summed E-state index contributed by atoms with van der Waals surface area (Å²) in [5, 5.41) is 15.3. The molecule has 0 amide bonds. The van der Waals surface area contributed by atoms with Gasteiger partial charge in [-0.15, -0.1) is 0 Å². The molecule has 0 unspecified atom stereocenters. The molecular weight excluding hydrogens is 228 g/mol. The number of nitrogens with zero attached hydrogens (tertiary/aromatic N) is 2. The predicted molar refractivity (Wildman–Crippen MR) is 66.0 cm³/mol. The zero-order valence-electron chi connectivity index (χ0n) is 9.33. The van der Waals surface area contributed by atoms with Gasteiger partial charge in [0, 0.05) is 19.7 Å². The van der Waals surface area contributed by atoms with Gasteiger partial charge in [0.2, 0.25) is 5.95 Å². The van der Waals surface area contributed by atoms with Crippen LogP contribution in [0.15, 0.2) is 6.20 Å². The maximum Gasteiger partial charge on any atom is 0.224 e. The van der Waals surface area contributed by atoms with E-state index in [2.05, 4.69) is 27.5 Å². The van der Waals surface area contributed by atoms with Gasteiger partial charge in [-0.2, -0.15) is 4.98 Å². The molecule has 90 valence electrons. The number of hydrogen-bond acceptors (Lipinski definition) is 5. The van der Waals surface area contributed by atoms with Crippen LogP contribution in [-0.4, -0.2) is 34.8 Å². The Kier molecular flexibility index (Phi) is 5.88. The van der Waals surface area contributed by atoms with E-state index in [1.807, 2.05) is 0 Å². The van der Waals surface area contributed by atoms with Crippen molar-refractivity contribution in [3.63, 3.8) is 0 Å². The van der Waals surface area contributed by atoms with E-state index in [4.69, 9.17) is 16.7 Å². The SMILES string of the molecule is CCCNc1ncc(Cl)c(NCCCO)n1. The minimum atomic E-state index is 0.149. The number of aromatic nitrogens is 2. The van der Waals surface area contributed by atoms with Crippen LogP contribution in [0.5, 0.6) is 0 Å². The summed E-state index contributed by atoms with van der Waals surface area (Å²) in [6, 6.07) is 0. The first-order chi connectivity index (χ1) is 7.77. The van der Waals surface area contributed by atoms with Crippen LogP contribution >= 0.6 is 11.6 Å². The van der Waals surface area contributed by atoms with Gasteiger partial charge in [-0.3, -0.25) is 0 Å². The topological polar surface area (TPSA) is 70.1 Å². The van der Waals surface area contributed by atoms with Crippen molar-refractivity contribution < 1.29 is 5.11 Å². The minimum absolute atomic E-state index is 0.149. The van der Waals surface area contributed by atoms with Gasteiger partial charge >= 0.3 is 0 Å². The number of aliphatic hydroxyl groups is 1. The first-order valence-corrected chi connectivity index (χ1v) is 5.77. The lowest BCUT2D eigenvalue weighted by atomic mass is 10.4. The molecular formula is C10H17ClN4O. The van der Waals surface area contributed by atoms with Gasteiger partial charge in [-0.05, 0) is 12.8 Å². The Balaban J connectivity index is 2.59. The smallest absolute Gasteiger partial charge is 0.224 e. The zero-order chi connectivity index (χ0) is 11.8. The molecule has 0 spiro atoms. The molecule has 0 bridgehead atoms. The lowest BCUT2D eigenvalue weighted by Crippen LogP contribution is -2.09. The van der Waals surface area contributed by atoms with Crippen molar-refractivity contribution in [1.82, 2.24) is 9.97 Å². The molecule has 1 aromatic heterocycles. The van der Waals surface area contributed by atoms with Crippen molar-refractivity contribution in [3.8, 4) is 0 Å². The number of aliphatic hydroxyl groups excluding tert-OH is 1. The highest BCUT2D eigenvalue weighted by Crippen LogP contribution is 2.19. The highest BCUT2D eigenvalue weighted by Gasteiger charge is 2.03. The average Bonchev–Trinajstić information content (AvgIpc) is 2.30. The molecule has 0 fully saturated rings. The molecule has 0 saturated carbocycles. The molecule has 1 rings (SSSR count). The monoisotopic (exact) mass is 244 g/mol. The van der Waals surface area contributed by atoms with E-state index >= 15 is 0 Å². The molecule has 0 atom stereocenters. The van der Waals surface area contributed by atoms with E-state index < -0.39 is 0 Å². The van der Waals surface area contributed by atoms with Gasteiger partial charge in [0.1, 0.15) is 10.8 Å². The van der Waals surface area contributed by atoms with E-state index in [-0.39, 0.29) is 6.61 Å². The van der Waals surface area contributed by atoms with E-state index in [9.17, 15) is 0 Å². The lowest BCUT2D eigenvalue weighted by molar-refractivity contribution is 0.292. The summed E-state index contributed by atoms with van der Waals surface area (Å²) in [6.45, 7) is 3.69. The first kappa shape index (κ1) is 13.0. The molecule has 0 aromatic carbocycles. The molecule has 0 radical (unpaired) electrons. The molecule has 6 heteroatoms. The van der Waals surface area contributed by atoms with E-state index in [1.165, 1.54) is 0 Å². The van der Waals surface area contributed by atoms with Crippen LogP contribution in [0, 0.1) is 0 Å². The number of halogens is 1. The summed E-state index contributed by atoms with van der Waals surface area (Å²) in [6.07, 6.45) is 3.24. The van der Waals surface area contributed by atoms with E-state index in [1.54, 1.807) is 6.20 Å². The molecule has 1 aromatic rings. The van der Waals surface area contributed by atoms with Crippen molar-refractivity contribution in [3.05, 3.63) is 11.2 Å². The highest BCUT2D eigenvalue weighted by atomic mass is 35.5. The van der Waals surface area contributed by atoms with Crippen molar-refractivity contribution in [1.29, 1.82) is 0 Å². The number of anilines is 2. The van der Waals surface area contributed by atoms with Gasteiger partial charge in [0.25, 0.3) is 0 Å². The standard InChI is InChI=1S/C10H17ClN4O/c1-2-4-13-10-14-7-8(11)9(15-10)12-5-3-6-16/h7,16H,2-6H2,1H3,(H2,12,13,14,15). The van der Waals surface area contributed by atoms with Gasteiger partial charge < -0.3 is 15.7 Å². The fourth-order valence-corrected chi connectivity index (χ4v) is 1.26. The Morgan fingerprint density at radius 2 is 2.19 bits per heavy atom. The molecule has 0 aliphatic carbocycles. The van der Waals surface area contributed by atoms with Crippen molar-refractivity contribution in [2.24, 2.45) is 0 Å². The summed E-state index contributed by atoms with van der Waals surface area (Å²) >= 11 is 5.93. The molecule has 3 N–H and O–H groups in total. The third kappa shape index (κ3) is 4.20.